The molecular formula is C17H21N3O5S. The maximum atomic E-state index is 12.5. The van der Waals surface area contributed by atoms with Gasteiger partial charge in [-0.25, -0.2) is 13.2 Å². The number of hydrogen-bond donors (Lipinski definition) is 1. The molecule has 2 heterocycles. The average Bonchev–Trinajstić information content (AvgIpc) is 3.08. The van der Waals surface area contributed by atoms with Crippen LogP contribution in [0, 0.1) is 0 Å². The van der Waals surface area contributed by atoms with Crippen LogP contribution in [-0.2, 0) is 26.0 Å². The van der Waals surface area contributed by atoms with Crippen molar-refractivity contribution in [1.82, 2.24) is 9.78 Å². The molecule has 1 atom stereocenters. The van der Waals surface area contributed by atoms with Crippen LogP contribution in [0.15, 0.2) is 41.6 Å². The molecule has 1 N–H and O–H groups in total. The van der Waals surface area contributed by atoms with Crippen LogP contribution in [0.3, 0.4) is 0 Å². The first-order valence-electron chi connectivity index (χ1n) is 8.33. The molecule has 26 heavy (non-hydrogen) atoms. The molecule has 0 saturated carbocycles. The summed E-state index contributed by atoms with van der Waals surface area (Å²) in [5.74, 6) is -0.520. The highest BCUT2D eigenvalue weighted by Gasteiger charge is 2.18. The molecule has 2 aromatic rings. The SMILES string of the molecule is COC(=O)c1ccc(S(=O)(=O)Nc2cnn(C[C@H]3CCCCO3)c2)cc1. The van der Waals surface area contributed by atoms with Crippen LogP contribution in [0.2, 0.25) is 0 Å². The molecular weight excluding hydrogens is 358 g/mol. The maximum absolute atomic E-state index is 12.5. The van der Waals surface area contributed by atoms with Gasteiger partial charge in [0, 0.05) is 12.8 Å². The first kappa shape index (κ1) is 18.4. The molecule has 0 radical (unpaired) electrons. The molecule has 9 heteroatoms. The molecule has 1 aliphatic rings. The van der Waals surface area contributed by atoms with Gasteiger partial charge in [-0.05, 0) is 43.5 Å². The van der Waals surface area contributed by atoms with E-state index in [2.05, 4.69) is 14.6 Å². The van der Waals surface area contributed by atoms with Gasteiger partial charge in [-0.15, -0.1) is 0 Å². The molecule has 140 valence electrons. The molecule has 3 rings (SSSR count). The number of sulfonamides is 1. The Morgan fingerprint density at radius 3 is 2.77 bits per heavy atom. The topological polar surface area (TPSA) is 99.5 Å². The number of hydrogen-bond acceptors (Lipinski definition) is 6. The summed E-state index contributed by atoms with van der Waals surface area (Å²) in [5, 5.41) is 4.19. The van der Waals surface area contributed by atoms with Crippen molar-refractivity contribution in [2.75, 3.05) is 18.4 Å². The molecule has 0 bridgehead atoms. The summed E-state index contributed by atoms with van der Waals surface area (Å²) >= 11 is 0. The predicted molar refractivity (Wildman–Crippen MR) is 94.4 cm³/mol. The monoisotopic (exact) mass is 379 g/mol. The van der Waals surface area contributed by atoms with Gasteiger partial charge < -0.3 is 9.47 Å². The minimum Gasteiger partial charge on any atom is -0.465 e. The second-order valence-corrected chi connectivity index (χ2v) is 7.74. The third-order valence-corrected chi connectivity index (χ3v) is 5.53. The molecule has 1 aliphatic heterocycles. The number of nitrogens with zero attached hydrogens (tertiary/aromatic N) is 2. The van der Waals surface area contributed by atoms with E-state index >= 15 is 0 Å². The second-order valence-electron chi connectivity index (χ2n) is 6.06. The standard InChI is InChI=1S/C17H21N3O5S/c1-24-17(21)13-5-7-16(8-6-13)26(22,23)19-14-10-18-20(11-14)12-15-4-2-3-9-25-15/h5-8,10-11,15,19H,2-4,9,12H2,1H3/t15-/m1/s1. The summed E-state index contributed by atoms with van der Waals surface area (Å²) in [6.07, 6.45) is 6.40. The van der Waals surface area contributed by atoms with Crippen molar-refractivity contribution < 1.29 is 22.7 Å². The largest absolute Gasteiger partial charge is 0.465 e. The van der Waals surface area contributed by atoms with Gasteiger partial charge >= 0.3 is 5.97 Å². The summed E-state index contributed by atoms with van der Waals surface area (Å²) in [6.45, 7) is 1.35. The van der Waals surface area contributed by atoms with Gasteiger partial charge in [0.15, 0.2) is 0 Å². The van der Waals surface area contributed by atoms with Crippen molar-refractivity contribution in [3.05, 3.63) is 42.2 Å². The average molecular weight is 379 g/mol. The number of nitrogens with one attached hydrogen (secondary N) is 1. The lowest BCUT2D eigenvalue weighted by Crippen LogP contribution is -2.24. The molecule has 1 aromatic heterocycles. The number of aromatic nitrogens is 2. The number of rotatable bonds is 6. The smallest absolute Gasteiger partial charge is 0.337 e. The van der Waals surface area contributed by atoms with Crippen LogP contribution in [0.5, 0.6) is 0 Å². The lowest BCUT2D eigenvalue weighted by atomic mass is 10.1. The fourth-order valence-electron chi connectivity index (χ4n) is 2.78. The summed E-state index contributed by atoms with van der Waals surface area (Å²) in [6, 6.07) is 5.53. The zero-order valence-electron chi connectivity index (χ0n) is 14.4. The maximum Gasteiger partial charge on any atom is 0.337 e. The van der Waals surface area contributed by atoms with E-state index < -0.39 is 16.0 Å². The number of benzene rings is 1. The summed E-state index contributed by atoms with van der Waals surface area (Å²) < 4.78 is 39.3. The van der Waals surface area contributed by atoms with Crippen LogP contribution >= 0.6 is 0 Å². The van der Waals surface area contributed by atoms with Gasteiger partial charge in [0.05, 0.1) is 42.1 Å². The lowest BCUT2D eigenvalue weighted by molar-refractivity contribution is 0.00400. The molecule has 1 aromatic carbocycles. The number of esters is 1. The Balaban J connectivity index is 1.66. The van der Waals surface area contributed by atoms with Crippen molar-refractivity contribution >= 4 is 21.7 Å². The van der Waals surface area contributed by atoms with E-state index in [1.807, 2.05) is 0 Å². The van der Waals surface area contributed by atoms with Crippen LogP contribution in [0.25, 0.3) is 0 Å². The van der Waals surface area contributed by atoms with Crippen LogP contribution in [0.4, 0.5) is 5.69 Å². The molecule has 0 spiro atoms. The molecule has 8 nitrogen and oxygen atoms in total. The van der Waals surface area contributed by atoms with Crippen molar-refractivity contribution in [2.45, 2.75) is 36.8 Å². The summed E-state index contributed by atoms with van der Waals surface area (Å²) in [4.78, 5) is 11.5. The van der Waals surface area contributed by atoms with Gasteiger partial charge in [0.1, 0.15) is 0 Å². The third kappa shape index (κ3) is 4.41. The van der Waals surface area contributed by atoms with E-state index in [0.717, 1.165) is 25.9 Å². The van der Waals surface area contributed by atoms with Gasteiger partial charge in [-0.2, -0.15) is 5.10 Å². The molecule has 1 saturated heterocycles. The Hall–Kier alpha value is -2.39. The van der Waals surface area contributed by atoms with Crippen molar-refractivity contribution in [3.63, 3.8) is 0 Å². The van der Waals surface area contributed by atoms with Crippen LogP contribution < -0.4 is 4.72 Å². The molecule has 1 fully saturated rings. The summed E-state index contributed by atoms with van der Waals surface area (Å²) in [7, 11) is -2.50. The predicted octanol–water partition coefficient (Wildman–Crippen LogP) is 2.04. The van der Waals surface area contributed by atoms with E-state index in [0.29, 0.717) is 12.2 Å². The van der Waals surface area contributed by atoms with Gasteiger partial charge in [-0.3, -0.25) is 9.40 Å². The quantitative estimate of drug-likeness (QED) is 0.771. The van der Waals surface area contributed by atoms with Gasteiger partial charge in [0.25, 0.3) is 10.0 Å². The molecule has 0 aliphatic carbocycles. The van der Waals surface area contributed by atoms with E-state index in [-0.39, 0.29) is 16.6 Å². The third-order valence-electron chi connectivity index (χ3n) is 4.14. The normalized spacial score (nSPS) is 17.7. The zero-order chi connectivity index (χ0) is 18.6. The van der Waals surface area contributed by atoms with E-state index in [4.69, 9.17) is 4.74 Å². The van der Waals surface area contributed by atoms with Crippen molar-refractivity contribution in [1.29, 1.82) is 0 Å². The highest BCUT2D eigenvalue weighted by atomic mass is 32.2. The Morgan fingerprint density at radius 1 is 1.35 bits per heavy atom. The highest BCUT2D eigenvalue weighted by molar-refractivity contribution is 7.92. The fourth-order valence-corrected chi connectivity index (χ4v) is 3.81. The number of carbonyl (C=O) groups excluding carboxylic acids is 1. The van der Waals surface area contributed by atoms with Gasteiger partial charge in [-0.1, -0.05) is 0 Å². The summed E-state index contributed by atoms with van der Waals surface area (Å²) in [5.41, 5.74) is 0.657. The number of carbonyl (C=O) groups is 1. The first-order valence-corrected chi connectivity index (χ1v) is 9.81. The van der Waals surface area contributed by atoms with Crippen molar-refractivity contribution in [3.8, 4) is 0 Å². The molecule has 0 unspecified atom stereocenters. The minimum atomic E-state index is -3.77. The fraction of sp³-hybridized carbons (Fsp3) is 0.412. The lowest BCUT2D eigenvalue weighted by Gasteiger charge is -2.22. The van der Waals surface area contributed by atoms with E-state index in [1.54, 1.807) is 10.9 Å². The Morgan fingerprint density at radius 2 is 2.12 bits per heavy atom. The Labute approximate surface area is 152 Å². The van der Waals surface area contributed by atoms with Crippen LogP contribution in [0.1, 0.15) is 29.6 Å². The van der Waals surface area contributed by atoms with E-state index in [9.17, 15) is 13.2 Å². The Bertz CT molecular complexity index is 855. The molecule has 0 amide bonds. The highest BCUT2D eigenvalue weighted by Crippen LogP contribution is 2.18. The number of ether oxygens (including phenoxy) is 2. The zero-order valence-corrected chi connectivity index (χ0v) is 15.2. The second kappa shape index (κ2) is 7.88. The van der Waals surface area contributed by atoms with Crippen LogP contribution in [-0.4, -0.2) is 44.0 Å². The van der Waals surface area contributed by atoms with Crippen molar-refractivity contribution in [2.24, 2.45) is 0 Å². The first-order chi connectivity index (χ1) is 12.5. The van der Waals surface area contributed by atoms with E-state index in [1.165, 1.54) is 37.6 Å². The van der Waals surface area contributed by atoms with Gasteiger partial charge in [0.2, 0.25) is 0 Å². The minimum absolute atomic E-state index is 0.0496. The Kier molecular flexibility index (Phi) is 5.58. The number of methoxy groups -OCH3 is 1. The number of anilines is 1.